The second-order valence-electron chi connectivity index (χ2n) is 4.10. The predicted octanol–water partition coefficient (Wildman–Crippen LogP) is 2.72. The van der Waals surface area contributed by atoms with E-state index in [0.29, 0.717) is 12.3 Å². The van der Waals surface area contributed by atoms with Crippen LogP contribution in [-0.4, -0.2) is 5.11 Å². The molecule has 1 aliphatic rings. The van der Waals surface area contributed by atoms with Gasteiger partial charge in [0.15, 0.2) is 0 Å². The Balaban J connectivity index is 2.53. The van der Waals surface area contributed by atoms with Gasteiger partial charge in [-0.15, -0.1) is 0 Å². The number of hydrogen-bond acceptors (Lipinski definition) is 2. The highest BCUT2D eigenvalue weighted by Crippen LogP contribution is 2.33. The maximum atomic E-state index is 9.96. The van der Waals surface area contributed by atoms with Gasteiger partial charge in [-0.3, -0.25) is 0 Å². The van der Waals surface area contributed by atoms with E-state index in [1.165, 1.54) is 30.4 Å². The number of benzene rings is 1. The van der Waals surface area contributed by atoms with E-state index in [1.807, 2.05) is 0 Å². The van der Waals surface area contributed by atoms with E-state index < -0.39 is 0 Å². The Hall–Kier alpha value is -0.290. The first kappa shape index (κ1) is 11.2. The zero-order chi connectivity index (χ0) is 10.8. The van der Waals surface area contributed by atoms with Gasteiger partial charge in [-0.2, -0.15) is 0 Å². The second kappa shape index (κ2) is 4.70. The zero-order valence-corrected chi connectivity index (χ0v) is 10.9. The third-order valence-corrected chi connectivity index (χ3v) is 4.27. The molecule has 0 aliphatic heterocycles. The number of nitrogens with two attached hydrogens (primary N) is 1. The second-order valence-corrected chi connectivity index (χ2v) is 5.18. The molecule has 0 saturated carbocycles. The fraction of sp³-hybridized carbons (Fsp3) is 0.500. The lowest BCUT2D eigenvalue weighted by Gasteiger charge is -2.13. The van der Waals surface area contributed by atoms with Crippen molar-refractivity contribution in [3.05, 3.63) is 26.3 Å². The molecule has 0 saturated heterocycles. The van der Waals surface area contributed by atoms with E-state index in [2.05, 4.69) is 28.7 Å². The van der Waals surface area contributed by atoms with Crippen LogP contribution in [0.25, 0.3) is 0 Å². The van der Waals surface area contributed by atoms with Gasteiger partial charge >= 0.3 is 0 Å². The van der Waals surface area contributed by atoms with E-state index in [-0.39, 0.29) is 0 Å². The average Bonchev–Trinajstić information content (AvgIpc) is 2.48. The molecule has 0 bridgehead atoms. The summed E-state index contributed by atoms with van der Waals surface area (Å²) >= 11 is 2.25. The first-order valence-corrected chi connectivity index (χ1v) is 6.54. The summed E-state index contributed by atoms with van der Waals surface area (Å²) in [6.07, 6.45) is 6.04. The quantitative estimate of drug-likeness (QED) is 0.618. The van der Waals surface area contributed by atoms with E-state index in [0.717, 1.165) is 22.0 Å². The monoisotopic (exact) mass is 317 g/mol. The van der Waals surface area contributed by atoms with Crippen LogP contribution in [0.4, 0.5) is 0 Å². The van der Waals surface area contributed by atoms with Crippen molar-refractivity contribution in [2.24, 2.45) is 5.73 Å². The van der Waals surface area contributed by atoms with Gasteiger partial charge in [0.25, 0.3) is 0 Å². The zero-order valence-electron chi connectivity index (χ0n) is 8.72. The molecular formula is C12H16INO. The number of fused-ring (bicyclic) bond motifs is 1. The lowest BCUT2D eigenvalue weighted by Crippen LogP contribution is -2.03. The average molecular weight is 317 g/mol. The minimum absolute atomic E-state index is 0.402. The standard InChI is InChI=1S/C12H16INO/c13-11-10-5-3-1-2-4-8(10)6-9(7-14)12(11)15/h6,15H,1-5,7,14H2. The number of phenolic OH excluding ortho intramolecular Hbond substituents is 1. The smallest absolute Gasteiger partial charge is 0.133 e. The van der Waals surface area contributed by atoms with Crippen molar-refractivity contribution >= 4 is 22.6 Å². The van der Waals surface area contributed by atoms with Crippen LogP contribution in [0.2, 0.25) is 0 Å². The van der Waals surface area contributed by atoms with E-state index in [9.17, 15) is 5.11 Å². The van der Waals surface area contributed by atoms with Gasteiger partial charge in [-0.25, -0.2) is 0 Å². The molecule has 0 heterocycles. The minimum atomic E-state index is 0.402. The number of rotatable bonds is 1. The molecule has 0 fully saturated rings. The van der Waals surface area contributed by atoms with Crippen LogP contribution in [0.15, 0.2) is 6.07 Å². The number of phenols is 1. The van der Waals surface area contributed by atoms with Crippen molar-refractivity contribution < 1.29 is 5.11 Å². The molecule has 0 radical (unpaired) electrons. The molecule has 0 unspecified atom stereocenters. The third-order valence-electron chi connectivity index (χ3n) is 3.11. The minimum Gasteiger partial charge on any atom is -0.506 e. The highest BCUT2D eigenvalue weighted by molar-refractivity contribution is 14.1. The maximum absolute atomic E-state index is 9.96. The van der Waals surface area contributed by atoms with Crippen molar-refractivity contribution in [2.75, 3.05) is 0 Å². The lowest BCUT2D eigenvalue weighted by atomic mass is 9.99. The summed E-state index contributed by atoms with van der Waals surface area (Å²) in [6.45, 7) is 0.426. The first-order valence-electron chi connectivity index (χ1n) is 5.46. The summed E-state index contributed by atoms with van der Waals surface area (Å²) in [4.78, 5) is 0. The van der Waals surface area contributed by atoms with Crippen molar-refractivity contribution in [3.63, 3.8) is 0 Å². The molecule has 1 aromatic carbocycles. The van der Waals surface area contributed by atoms with Crippen molar-refractivity contribution in [1.29, 1.82) is 0 Å². The lowest BCUT2D eigenvalue weighted by molar-refractivity contribution is 0.463. The molecule has 0 atom stereocenters. The predicted molar refractivity (Wildman–Crippen MR) is 70.0 cm³/mol. The van der Waals surface area contributed by atoms with Gasteiger partial charge in [-0.05, 0) is 59.4 Å². The molecule has 2 rings (SSSR count). The highest BCUT2D eigenvalue weighted by Gasteiger charge is 2.16. The Kier molecular flexibility index (Phi) is 3.51. The molecule has 3 N–H and O–H groups in total. The van der Waals surface area contributed by atoms with E-state index >= 15 is 0 Å². The van der Waals surface area contributed by atoms with E-state index in [4.69, 9.17) is 5.73 Å². The van der Waals surface area contributed by atoms with Gasteiger partial charge < -0.3 is 10.8 Å². The highest BCUT2D eigenvalue weighted by atomic mass is 127. The van der Waals surface area contributed by atoms with Crippen LogP contribution < -0.4 is 5.73 Å². The topological polar surface area (TPSA) is 46.2 Å². The molecule has 1 aromatic rings. The third kappa shape index (κ3) is 2.13. The summed E-state index contributed by atoms with van der Waals surface area (Å²) in [5, 5.41) is 9.96. The van der Waals surface area contributed by atoms with Gasteiger partial charge in [-0.1, -0.05) is 12.5 Å². The number of aryl methyl sites for hydroxylation is 1. The largest absolute Gasteiger partial charge is 0.506 e. The van der Waals surface area contributed by atoms with Crippen LogP contribution in [0.3, 0.4) is 0 Å². The molecule has 3 heteroatoms. The van der Waals surface area contributed by atoms with Crippen LogP contribution >= 0.6 is 22.6 Å². The molecular weight excluding hydrogens is 301 g/mol. The summed E-state index contributed by atoms with van der Waals surface area (Å²) < 4.78 is 1.02. The summed E-state index contributed by atoms with van der Waals surface area (Å²) in [7, 11) is 0. The first-order chi connectivity index (χ1) is 7.24. The normalized spacial score (nSPS) is 15.9. The summed E-state index contributed by atoms with van der Waals surface area (Å²) in [5.74, 6) is 0.402. The van der Waals surface area contributed by atoms with Gasteiger partial charge in [0, 0.05) is 12.1 Å². The molecule has 1 aliphatic carbocycles. The van der Waals surface area contributed by atoms with Crippen LogP contribution in [-0.2, 0) is 19.4 Å². The van der Waals surface area contributed by atoms with E-state index in [1.54, 1.807) is 0 Å². The van der Waals surface area contributed by atoms with Crippen molar-refractivity contribution in [3.8, 4) is 5.75 Å². The molecule has 0 amide bonds. The molecule has 15 heavy (non-hydrogen) atoms. The molecule has 2 nitrogen and oxygen atoms in total. The molecule has 82 valence electrons. The molecule has 0 aromatic heterocycles. The Bertz CT molecular complexity index is 376. The Morgan fingerprint density at radius 2 is 2.00 bits per heavy atom. The van der Waals surface area contributed by atoms with Gasteiger partial charge in [0.1, 0.15) is 5.75 Å². The van der Waals surface area contributed by atoms with Crippen LogP contribution in [0.5, 0.6) is 5.75 Å². The fourth-order valence-corrected chi connectivity index (χ4v) is 3.20. The van der Waals surface area contributed by atoms with Crippen LogP contribution in [0.1, 0.15) is 36.0 Å². The summed E-state index contributed by atoms with van der Waals surface area (Å²) in [6, 6.07) is 2.10. The van der Waals surface area contributed by atoms with Gasteiger partial charge in [0.2, 0.25) is 0 Å². The van der Waals surface area contributed by atoms with Crippen molar-refractivity contribution in [2.45, 2.75) is 38.6 Å². The molecule has 0 spiro atoms. The Morgan fingerprint density at radius 3 is 2.73 bits per heavy atom. The van der Waals surface area contributed by atoms with Gasteiger partial charge in [0.05, 0.1) is 3.57 Å². The Labute approximate surface area is 104 Å². The van der Waals surface area contributed by atoms with Crippen molar-refractivity contribution in [1.82, 2.24) is 0 Å². The number of hydrogen-bond donors (Lipinski definition) is 2. The number of aromatic hydroxyl groups is 1. The maximum Gasteiger partial charge on any atom is 0.133 e. The Morgan fingerprint density at radius 1 is 1.27 bits per heavy atom. The number of halogens is 1. The van der Waals surface area contributed by atoms with Crippen LogP contribution in [0, 0.1) is 3.57 Å². The summed E-state index contributed by atoms with van der Waals surface area (Å²) in [5.41, 5.74) is 9.27. The SMILES string of the molecule is NCc1cc2c(c(I)c1O)CCCCC2. The fourth-order valence-electron chi connectivity index (χ4n) is 2.23.